The summed E-state index contributed by atoms with van der Waals surface area (Å²) in [6.45, 7) is 0.395. The van der Waals surface area contributed by atoms with Crippen LogP contribution < -0.4 is 0 Å². The van der Waals surface area contributed by atoms with E-state index in [4.69, 9.17) is 4.74 Å². The summed E-state index contributed by atoms with van der Waals surface area (Å²) in [7, 11) is 0. The van der Waals surface area contributed by atoms with Crippen LogP contribution in [0, 0.1) is 0 Å². The molecule has 1 aromatic rings. The van der Waals surface area contributed by atoms with Gasteiger partial charge in [0.1, 0.15) is 0 Å². The van der Waals surface area contributed by atoms with E-state index in [0.29, 0.717) is 17.7 Å². The van der Waals surface area contributed by atoms with E-state index in [1.807, 2.05) is 0 Å². The Labute approximate surface area is 125 Å². The Morgan fingerprint density at radius 1 is 1.15 bits per heavy atom. The third-order valence-corrected chi connectivity index (χ3v) is 3.52. The largest absolute Gasteiger partial charge is 0.466 e. The maximum Gasteiger partial charge on any atom is 0.307 e. The van der Waals surface area contributed by atoms with E-state index >= 15 is 0 Å². The highest BCUT2D eigenvalue weighted by Crippen LogP contribution is 2.22. The van der Waals surface area contributed by atoms with Crippen molar-refractivity contribution in [3.05, 3.63) is 35.4 Å². The first-order valence-electron chi connectivity index (χ1n) is 6.32. The fourth-order valence-corrected chi connectivity index (χ4v) is 2.19. The number of rotatable bonds is 6. The van der Waals surface area contributed by atoms with Crippen LogP contribution in [-0.2, 0) is 9.53 Å². The molecule has 0 fully saturated rings. The molecule has 0 atom stereocenters. The van der Waals surface area contributed by atoms with Gasteiger partial charge in [0.2, 0.25) is 0 Å². The van der Waals surface area contributed by atoms with Crippen LogP contribution in [0.5, 0.6) is 0 Å². The van der Waals surface area contributed by atoms with Crippen molar-refractivity contribution in [2.45, 2.75) is 12.8 Å². The van der Waals surface area contributed by atoms with Crippen LogP contribution in [0.1, 0.15) is 33.6 Å². The van der Waals surface area contributed by atoms with Crippen molar-refractivity contribution < 1.29 is 19.1 Å². The predicted molar refractivity (Wildman–Crippen MR) is 75.8 cm³/mol. The van der Waals surface area contributed by atoms with Crippen molar-refractivity contribution in [2.75, 3.05) is 18.5 Å². The molecule has 5 nitrogen and oxygen atoms in total. The van der Waals surface area contributed by atoms with Gasteiger partial charge in [0.15, 0.2) is 0 Å². The first-order chi connectivity index (χ1) is 9.65. The topological polar surface area (TPSA) is 63.7 Å². The van der Waals surface area contributed by atoms with Crippen LogP contribution in [0.25, 0.3) is 0 Å². The highest BCUT2D eigenvalue weighted by molar-refractivity contribution is 9.09. The zero-order valence-corrected chi connectivity index (χ0v) is 12.4. The van der Waals surface area contributed by atoms with Gasteiger partial charge in [0.25, 0.3) is 11.8 Å². The molecule has 2 amide bonds. The quantitative estimate of drug-likeness (QED) is 0.344. The van der Waals surface area contributed by atoms with Crippen molar-refractivity contribution in [3.8, 4) is 0 Å². The first kappa shape index (κ1) is 14.7. The lowest BCUT2D eigenvalue weighted by atomic mass is 10.1. The molecule has 1 heterocycles. The normalized spacial score (nSPS) is 13.6. The standard InChI is InChI=1S/C14H14BrNO4/c15-7-3-9-20-12(17)6-8-16-13(18)10-4-1-2-5-11(10)14(16)19/h1-2,4-5H,3,6-9H2. The van der Waals surface area contributed by atoms with Gasteiger partial charge in [-0.25, -0.2) is 0 Å². The number of halogens is 1. The Hall–Kier alpha value is -1.69. The van der Waals surface area contributed by atoms with Crippen molar-refractivity contribution in [1.29, 1.82) is 0 Å². The molecule has 0 unspecified atom stereocenters. The fraction of sp³-hybridized carbons (Fsp3) is 0.357. The molecule has 0 bridgehead atoms. The van der Waals surface area contributed by atoms with E-state index in [-0.39, 0.29) is 24.8 Å². The second-order valence-electron chi connectivity index (χ2n) is 4.32. The second kappa shape index (κ2) is 6.65. The fourth-order valence-electron chi connectivity index (χ4n) is 1.96. The van der Waals surface area contributed by atoms with E-state index < -0.39 is 5.97 Å². The zero-order valence-electron chi connectivity index (χ0n) is 10.8. The number of carbonyl (C=O) groups excluding carboxylic acids is 3. The summed E-state index contributed by atoms with van der Waals surface area (Å²) in [6.07, 6.45) is 0.756. The highest BCUT2D eigenvalue weighted by atomic mass is 79.9. The monoisotopic (exact) mass is 339 g/mol. The summed E-state index contributed by atoms with van der Waals surface area (Å²) in [5, 5.41) is 0.763. The van der Waals surface area contributed by atoms with E-state index in [0.717, 1.165) is 16.7 Å². The van der Waals surface area contributed by atoms with Gasteiger partial charge >= 0.3 is 5.97 Å². The Morgan fingerprint density at radius 2 is 1.75 bits per heavy atom. The van der Waals surface area contributed by atoms with Crippen molar-refractivity contribution in [1.82, 2.24) is 4.90 Å². The number of fused-ring (bicyclic) bond motifs is 1. The number of esters is 1. The summed E-state index contributed by atoms with van der Waals surface area (Å²) in [6, 6.07) is 6.65. The lowest BCUT2D eigenvalue weighted by Gasteiger charge is -2.13. The molecule has 0 aromatic heterocycles. The van der Waals surface area contributed by atoms with Gasteiger partial charge in [0, 0.05) is 11.9 Å². The molecule has 0 radical (unpaired) electrons. The van der Waals surface area contributed by atoms with Crippen molar-refractivity contribution >= 4 is 33.7 Å². The Balaban J connectivity index is 1.91. The molecule has 106 valence electrons. The molecule has 0 spiro atoms. The third-order valence-electron chi connectivity index (χ3n) is 2.96. The molecule has 0 N–H and O–H groups in total. The molecule has 0 saturated carbocycles. The number of amides is 2. The SMILES string of the molecule is O=C(CCN1C(=O)c2ccccc2C1=O)OCCCBr. The molecular weight excluding hydrogens is 326 g/mol. The van der Waals surface area contributed by atoms with Gasteiger partial charge in [-0.1, -0.05) is 28.1 Å². The smallest absolute Gasteiger partial charge is 0.307 e. The van der Waals surface area contributed by atoms with E-state index in [1.165, 1.54) is 0 Å². The van der Waals surface area contributed by atoms with Crippen LogP contribution in [0.3, 0.4) is 0 Å². The van der Waals surface area contributed by atoms with Crippen molar-refractivity contribution in [3.63, 3.8) is 0 Å². The average Bonchev–Trinajstić information content (AvgIpc) is 2.70. The first-order valence-corrected chi connectivity index (χ1v) is 7.44. The van der Waals surface area contributed by atoms with Gasteiger partial charge in [-0.15, -0.1) is 0 Å². The molecule has 1 aliphatic rings. The molecule has 0 aliphatic carbocycles. The summed E-state index contributed by atoms with van der Waals surface area (Å²) in [5.41, 5.74) is 0.787. The van der Waals surface area contributed by atoms with Gasteiger partial charge in [-0.2, -0.15) is 0 Å². The number of alkyl halides is 1. The van der Waals surface area contributed by atoms with E-state index in [1.54, 1.807) is 24.3 Å². The lowest BCUT2D eigenvalue weighted by Crippen LogP contribution is -2.32. The number of hydrogen-bond donors (Lipinski definition) is 0. The predicted octanol–water partition coefficient (Wildman–Crippen LogP) is 2.00. The molecule has 6 heteroatoms. The summed E-state index contributed by atoms with van der Waals surface area (Å²) in [4.78, 5) is 36.6. The van der Waals surface area contributed by atoms with Gasteiger partial charge < -0.3 is 4.74 Å². The minimum atomic E-state index is -0.400. The highest BCUT2D eigenvalue weighted by Gasteiger charge is 2.34. The van der Waals surface area contributed by atoms with Crippen LogP contribution in [0.2, 0.25) is 0 Å². The van der Waals surface area contributed by atoms with Crippen molar-refractivity contribution in [2.24, 2.45) is 0 Å². The van der Waals surface area contributed by atoms with Crippen LogP contribution in [0.15, 0.2) is 24.3 Å². The van der Waals surface area contributed by atoms with Crippen LogP contribution >= 0.6 is 15.9 Å². The minimum Gasteiger partial charge on any atom is -0.466 e. The maximum atomic E-state index is 12.0. The molecule has 1 aromatic carbocycles. The Kier molecular flexibility index (Phi) is 4.89. The summed E-state index contributed by atoms with van der Waals surface area (Å²) < 4.78 is 4.97. The molecule has 20 heavy (non-hydrogen) atoms. The average molecular weight is 340 g/mol. The van der Waals surface area contributed by atoms with Gasteiger partial charge in [-0.05, 0) is 18.6 Å². The maximum absolute atomic E-state index is 12.0. The Morgan fingerprint density at radius 3 is 2.30 bits per heavy atom. The molecule has 0 saturated heterocycles. The number of benzene rings is 1. The summed E-state index contributed by atoms with van der Waals surface area (Å²) >= 11 is 3.24. The third kappa shape index (κ3) is 3.07. The van der Waals surface area contributed by atoms with Crippen LogP contribution in [0.4, 0.5) is 0 Å². The van der Waals surface area contributed by atoms with Crippen LogP contribution in [-0.4, -0.2) is 41.2 Å². The number of nitrogens with zero attached hydrogens (tertiary/aromatic N) is 1. The van der Waals surface area contributed by atoms with E-state index in [2.05, 4.69) is 15.9 Å². The minimum absolute atomic E-state index is 0.0216. The molecular formula is C14H14BrNO4. The number of carbonyl (C=O) groups is 3. The molecule has 1 aliphatic heterocycles. The number of hydrogen-bond acceptors (Lipinski definition) is 4. The number of imide groups is 1. The zero-order chi connectivity index (χ0) is 14.5. The molecule has 2 rings (SSSR count). The second-order valence-corrected chi connectivity index (χ2v) is 5.11. The number of ether oxygens (including phenoxy) is 1. The summed E-state index contributed by atoms with van der Waals surface area (Å²) in [5.74, 6) is -1.10. The van der Waals surface area contributed by atoms with Gasteiger partial charge in [0.05, 0.1) is 24.2 Å². The Bertz CT molecular complexity index is 509. The lowest BCUT2D eigenvalue weighted by molar-refractivity contribution is -0.143. The van der Waals surface area contributed by atoms with E-state index in [9.17, 15) is 14.4 Å². The van der Waals surface area contributed by atoms with Gasteiger partial charge in [-0.3, -0.25) is 19.3 Å².